The number of amides is 1. The molecule has 2 aromatic heterocycles. The quantitative estimate of drug-likeness (QED) is 0.704. The number of nitrogens with zero attached hydrogens (tertiary/aromatic N) is 3. The molecule has 0 aliphatic heterocycles. The fourth-order valence-electron chi connectivity index (χ4n) is 1.91. The Morgan fingerprint density at radius 3 is 2.75 bits per heavy atom. The van der Waals surface area contributed by atoms with Crippen molar-refractivity contribution in [1.29, 1.82) is 0 Å². The average molecular weight is 353 g/mol. The molecule has 0 radical (unpaired) electrons. The molecule has 1 aromatic carbocycles. The molecular formula is C14H10F3N5OS. The number of aromatic amines is 1. The predicted octanol–water partition coefficient (Wildman–Crippen LogP) is 3.26. The molecule has 0 aliphatic carbocycles. The number of halogens is 3. The second kappa shape index (κ2) is 6.48. The van der Waals surface area contributed by atoms with Crippen LogP contribution < -0.4 is 5.32 Å². The standard InChI is InChI=1S/C14H10F3N5OS/c15-14(16,17)7-24-12-5-8(3-4-18-12)13(23)19-9-1-2-10-11(6-9)21-22-20-10/h1-6H,7H2,(H,19,23)(H,20,21,22). The molecule has 0 atom stereocenters. The van der Waals surface area contributed by atoms with Crippen LogP contribution >= 0.6 is 11.8 Å². The molecule has 6 nitrogen and oxygen atoms in total. The minimum absolute atomic E-state index is 0.131. The number of thioether (sulfide) groups is 1. The smallest absolute Gasteiger partial charge is 0.322 e. The second-order valence-corrected chi connectivity index (χ2v) is 5.76. The van der Waals surface area contributed by atoms with E-state index in [2.05, 4.69) is 25.7 Å². The monoisotopic (exact) mass is 353 g/mol. The number of anilines is 1. The molecule has 0 saturated heterocycles. The van der Waals surface area contributed by atoms with Gasteiger partial charge in [-0.3, -0.25) is 4.79 Å². The van der Waals surface area contributed by atoms with Crippen LogP contribution in [-0.4, -0.2) is 38.2 Å². The number of nitrogens with one attached hydrogen (secondary N) is 2. The number of benzene rings is 1. The van der Waals surface area contributed by atoms with Crippen molar-refractivity contribution < 1.29 is 18.0 Å². The van der Waals surface area contributed by atoms with Gasteiger partial charge in [-0.25, -0.2) is 4.98 Å². The molecule has 3 rings (SSSR count). The first-order valence-corrected chi connectivity index (χ1v) is 7.67. The molecule has 2 heterocycles. The van der Waals surface area contributed by atoms with Gasteiger partial charge in [-0.1, -0.05) is 11.8 Å². The summed E-state index contributed by atoms with van der Waals surface area (Å²) in [5, 5.41) is 13.1. The van der Waals surface area contributed by atoms with E-state index >= 15 is 0 Å². The van der Waals surface area contributed by atoms with Crippen LogP contribution in [0.2, 0.25) is 0 Å². The number of pyridine rings is 1. The minimum Gasteiger partial charge on any atom is -0.322 e. The molecule has 0 spiro atoms. The summed E-state index contributed by atoms with van der Waals surface area (Å²) < 4.78 is 36.7. The lowest BCUT2D eigenvalue weighted by Crippen LogP contribution is -2.13. The predicted molar refractivity (Wildman–Crippen MR) is 82.9 cm³/mol. The number of fused-ring (bicyclic) bond motifs is 1. The number of hydrogen-bond acceptors (Lipinski definition) is 5. The molecule has 1 amide bonds. The van der Waals surface area contributed by atoms with E-state index in [1.54, 1.807) is 18.2 Å². The van der Waals surface area contributed by atoms with Gasteiger partial charge in [0, 0.05) is 17.4 Å². The van der Waals surface area contributed by atoms with Gasteiger partial charge in [-0.05, 0) is 30.3 Å². The number of H-pyrrole nitrogens is 1. The van der Waals surface area contributed by atoms with Crippen LogP contribution in [0.1, 0.15) is 10.4 Å². The first-order chi connectivity index (χ1) is 11.4. The third-order valence-corrected chi connectivity index (χ3v) is 3.95. The van der Waals surface area contributed by atoms with Gasteiger partial charge in [0.1, 0.15) is 11.0 Å². The zero-order valence-electron chi connectivity index (χ0n) is 12.0. The van der Waals surface area contributed by atoms with Crippen LogP contribution in [-0.2, 0) is 0 Å². The molecule has 0 unspecified atom stereocenters. The first-order valence-electron chi connectivity index (χ1n) is 6.68. The van der Waals surface area contributed by atoms with Crippen LogP contribution in [0.25, 0.3) is 11.0 Å². The third kappa shape index (κ3) is 4.02. The molecule has 24 heavy (non-hydrogen) atoms. The molecule has 0 saturated carbocycles. The molecule has 124 valence electrons. The van der Waals surface area contributed by atoms with Gasteiger partial charge in [0.25, 0.3) is 5.91 Å². The summed E-state index contributed by atoms with van der Waals surface area (Å²) in [6.07, 6.45) is -2.99. The third-order valence-electron chi connectivity index (χ3n) is 2.95. The zero-order valence-corrected chi connectivity index (χ0v) is 12.8. The van der Waals surface area contributed by atoms with Crippen molar-refractivity contribution in [3.63, 3.8) is 0 Å². The Labute approximate surface area is 137 Å². The van der Waals surface area contributed by atoms with E-state index in [0.29, 0.717) is 28.5 Å². The lowest BCUT2D eigenvalue weighted by molar-refractivity contribution is -0.105. The van der Waals surface area contributed by atoms with Crippen molar-refractivity contribution in [2.75, 3.05) is 11.1 Å². The SMILES string of the molecule is O=C(Nc1ccc2n[nH]nc2c1)c1ccnc(SCC(F)(F)F)c1. The van der Waals surface area contributed by atoms with Gasteiger partial charge < -0.3 is 5.32 Å². The number of hydrogen-bond donors (Lipinski definition) is 2. The second-order valence-electron chi connectivity index (χ2n) is 4.77. The van der Waals surface area contributed by atoms with Gasteiger partial charge in [-0.15, -0.1) is 0 Å². The van der Waals surface area contributed by atoms with E-state index in [-0.39, 0.29) is 10.6 Å². The van der Waals surface area contributed by atoms with Crippen molar-refractivity contribution in [2.24, 2.45) is 0 Å². The van der Waals surface area contributed by atoms with E-state index in [1.807, 2.05) is 0 Å². The summed E-state index contributed by atoms with van der Waals surface area (Å²) in [5.41, 5.74) is 1.96. The van der Waals surface area contributed by atoms with Gasteiger partial charge in [-0.2, -0.15) is 28.6 Å². The summed E-state index contributed by atoms with van der Waals surface area (Å²) in [7, 11) is 0. The van der Waals surface area contributed by atoms with E-state index in [1.165, 1.54) is 18.3 Å². The van der Waals surface area contributed by atoms with Crippen LogP contribution in [0.3, 0.4) is 0 Å². The summed E-state index contributed by atoms with van der Waals surface area (Å²) in [6.45, 7) is 0. The van der Waals surface area contributed by atoms with Gasteiger partial charge in [0.05, 0.1) is 10.8 Å². The number of carbonyl (C=O) groups is 1. The normalized spacial score (nSPS) is 11.6. The Balaban J connectivity index is 1.72. The molecule has 0 fully saturated rings. The largest absolute Gasteiger partial charge is 0.398 e. The molecule has 10 heteroatoms. The molecular weight excluding hydrogens is 343 g/mol. The van der Waals surface area contributed by atoms with Gasteiger partial charge in [0.15, 0.2) is 0 Å². The highest BCUT2D eigenvalue weighted by Crippen LogP contribution is 2.26. The first kappa shape index (κ1) is 16.2. The van der Waals surface area contributed by atoms with Crippen molar-refractivity contribution in [3.8, 4) is 0 Å². The Bertz CT molecular complexity index is 880. The minimum atomic E-state index is -4.29. The van der Waals surface area contributed by atoms with Crippen molar-refractivity contribution in [2.45, 2.75) is 11.2 Å². The topological polar surface area (TPSA) is 83.6 Å². The van der Waals surface area contributed by atoms with Crippen LogP contribution in [0, 0.1) is 0 Å². The van der Waals surface area contributed by atoms with E-state index in [4.69, 9.17) is 0 Å². The zero-order chi connectivity index (χ0) is 17.2. The summed E-state index contributed by atoms with van der Waals surface area (Å²) in [4.78, 5) is 16.1. The van der Waals surface area contributed by atoms with Crippen LogP contribution in [0.5, 0.6) is 0 Å². The Hall–Kier alpha value is -2.62. The highest BCUT2D eigenvalue weighted by molar-refractivity contribution is 7.99. The lowest BCUT2D eigenvalue weighted by atomic mass is 10.2. The maximum absolute atomic E-state index is 12.2. The number of carbonyl (C=O) groups excluding carboxylic acids is 1. The van der Waals surface area contributed by atoms with Crippen molar-refractivity contribution in [1.82, 2.24) is 20.4 Å². The van der Waals surface area contributed by atoms with E-state index in [9.17, 15) is 18.0 Å². The van der Waals surface area contributed by atoms with Gasteiger partial charge >= 0.3 is 6.18 Å². The number of alkyl halides is 3. The maximum Gasteiger partial charge on any atom is 0.398 e. The molecule has 0 bridgehead atoms. The van der Waals surface area contributed by atoms with Crippen LogP contribution in [0.4, 0.5) is 18.9 Å². The Morgan fingerprint density at radius 1 is 1.17 bits per heavy atom. The fourth-order valence-corrected chi connectivity index (χ4v) is 2.56. The lowest BCUT2D eigenvalue weighted by Gasteiger charge is -2.07. The number of rotatable bonds is 4. The van der Waals surface area contributed by atoms with E-state index in [0.717, 1.165) is 0 Å². The summed E-state index contributed by atoms with van der Waals surface area (Å²) in [6, 6.07) is 7.73. The fraction of sp³-hybridized carbons (Fsp3) is 0.143. The molecule has 2 N–H and O–H groups in total. The molecule has 3 aromatic rings. The van der Waals surface area contributed by atoms with Crippen LogP contribution in [0.15, 0.2) is 41.6 Å². The summed E-state index contributed by atoms with van der Waals surface area (Å²) in [5.74, 6) is -1.51. The van der Waals surface area contributed by atoms with Gasteiger partial charge in [0.2, 0.25) is 0 Å². The highest BCUT2D eigenvalue weighted by Gasteiger charge is 2.27. The average Bonchev–Trinajstić information content (AvgIpc) is 3.00. The number of aromatic nitrogens is 4. The van der Waals surface area contributed by atoms with Crippen molar-refractivity contribution >= 4 is 34.4 Å². The van der Waals surface area contributed by atoms with E-state index < -0.39 is 17.8 Å². The highest BCUT2D eigenvalue weighted by atomic mass is 32.2. The molecule has 0 aliphatic rings. The van der Waals surface area contributed by atoms with Crippen molar-refractivity contribution in [3.05, 3.63) is 42.1 Å². The maximum atomic E-state index is 12.2. The summed E-state index contributed by atoms with van der Waals surface area (Å²) >= 11 is 0.530. The Kier molecular flexibility index (Phi) is 4.38. The Morgan fingerprint density at radius 2 is 1.96 bits per heavy atom.